The van der Waals surface area contributed by atoms with E-state index in [1.165, 1.54) is 0 Å². The Bertz CT molecular complexity index is 446. The molecule has 0 saturated heterocycles. The summed E-state index contributed by atoms with van der Waals surface area (Å²) >= 11 is 0. The minimum atomic E-state index is -1.02. The summed E-state index contributed by atoms with van der Waals surface area (Å²) in [7, 11) is 0. The Morgan fingerprint density at radius 3 is 2.20 bits per heavy atom. The zero-order chi connectivity index (χ0) is 15.1. The van der Waals surface area contributed by atoms with Crippen LogP contribution in [0.2, 0.25) is 0 Å². The number of nitrogens with one attached hydrogen (secondary N) is 2. The van der Waals surface area contributed by atoms with Crippen molar-refractivity contribution in [1.82, 2.24) is 10.6 Å². The first-order chi connectivity index (χ1) is 9.40. The van der Waals surface area contributed by atoms with Crippen LogP contribution in [0.1, 0.15) is 26.3 Å². The van der Waals surface area contributed by atoms with Gasteiger partial charge in [-0.25, -0.2) is 9.59 Å². The molecule has 0 spiro atoms. The Morgan fingerprint density at radius 1 is 1.10 bits per heavy atom. The Kier molecular flexibility index (Phi) is 6.03. The van der Waals surface area contributed by atoms with Gasteiger partial charge in [-0.2, -0.15) is 0 Å². The van der Waals surface area contributed by atoms with E-state index in [1.807, 2.05) is 37.3 Å². The minimum absolute atomic E-state index is 0.0704. The summed E-state index contributed by atoms with van der Waals surface area (Å²) in [4.78, 5) is 22.8. The van der Waals surface area contributed by atoms with E-state index in [2.05, 4.69) is 10.6 Å². The highest BCUT2D eigenvalue weighted by atomic mass is 16.4. The summed E-state index contributed by atoms with van der Waals surface area (Å²) in [6.45, 7) is 5.40. The number of hydrogen-bond acceptors (Lipinski definition) is 2. The summed E-state index contributed by atoms with van der Waals surface area (Å²) in [5.41, 5.74) is 1.12. The average molecular weight is 278 g/mol. The van der Waals surface area contributed by atoms with E-state index >= 15 is 0 Å². The second-order valence-corrected chi connectivity index (χ2v) is 5.27. The van der Waals surface area contributed by atoms with Gasteiger partial charge in [-0.05, 0) is 24.8 Å². The predicted octanol–water partition coefficient (Wildman–Crippen LogP) is 2.03. The maximum Gasteiger partial charge on any atom is 0.326 e. The second kappa shape index (κ2) is 7.53. The summed E-state index contributed by atoms with van der Waals surface area (Å²) in [6.07, 6.45) is 0.702. The minimum Gasteiger partial charge on any atom is -0.480 e. The van der Waals surface area contributed by atoms with Crippen LogP contribution in [0.4, 0.5) is 4.79 Å². The molecule has 2 amide bonds. The maximum absolute atomic E-state index is 11.8. The molecule has 0 aliphatic heterocycles. The summed E-state index contributed by atoms with van der Waals surface area (Å²) in [5.74, 6) is -1.19. The van der Waals surface area contributed by atoms with Crippen molar-refractivity contribution in [2.24, 2.45) is 5.92 Å². The van der Waals surface area contributed by atoms with Crippen LogP contribution in [0, 0.1) is 5.92 Å². The van der Waals surface area contributed by atoms with Crippen LogP contribution in [-0.2, 0) is 11.2 Å². The predicted molar refractivity (Wildman–Crippen MR) is 77.5 cm³/mol. The van der Waals surface area contributed by atoms with Crippen LogP contribution in [0.15, 0.2) is 30.3 Å². The Labute approximate surface area is 119 Å². The van der Waals surface area contributed by atoms with Crippen molar-refractivity contribution in [2.45, 2.75) is 39.3 Å². The van der Waals surface area contributed by atoms with Crippen molar-refractivity contribution in [3.8, 4) is 0 Å². The molecule has 0 fully saturated rings. The number of hydrogen-bond donors (Lipinski definition) is 3. The molecule has 1 unspecified atom stereocenters. The third-order valence-corrected chi connectivity index (χ3v) is 2.98. The smallest absolute Gasteiger partial charge is 0.326 e. The van der Waals surface area contributed by atoms with Crippen molar-refractivity contribution >= 4 is 12.0 Å². The van der Waals surface area contributed by atoms with E-state index in [0.717, 1.165) is 5.56 Å². The fourth-order valence-electron chi connectivity index (χ4n) is 1.94. The molecule has 2 atom stereocenters. The summed E-state index contributed by atoms with van der Waals surface area (Å²) < 4.78 is 0. The van der Waals surface area contributed by atoms with Gasteiger partial charge in [0.1, 0.15) is 6.04 Å². The highest BCUT2D eigenvalue weighted by Crippen LogP contribution is 2.04. The van der Waals surface area contributed by atoms with E-state index in [9.17, 15) is 9.59 Å². The van der Waals surface area contributed by atoms with Crippen LogP contribution in [-0.4, -0.2) is 29.2 Å². The number of carboxylic acids is 1. The summed E-state index contributed by atoms with van der Waals surface area (Å²) in [6, 6.07) is 8.42. The van der Waals surface area contributed by atoms with Crippen molar-refractivity contribution in [1.29, 1.82) is 0 Å². The maximum atomic E-state index is 11.8. The number of benzene rings is 1. The normalized spacial score (nSPS) is 13.6. The van der Waals surface area contributed by atoms with E-state index in [0.29, 0.717) is 6.42 Å². The second-order valence-electron chi connectivity index (χ2n) is 5.27. The van der Waals surface area contributed by atoms with E-state index < -0.39 is 18.0 Å². The Morgan fingerprint density at radius 2 is 1.70 bits per heavy atom. The van der Waals surface area contributed by atoms with Gasteiger partial charge in [-0.15, -0.1) is 0 Å². The number of aliphatic carboxylic acids is 1. The van der Waals surface area contributed by atoms with E-state index in [4.69, 9.17) is 5.11 Å². The third kappa shape index (κ3) is 5.30. The molecule has 1 aromatic carbocycles. The number of urea groups is 1. The lowest BCUT2D eigenvalue weighted by molar-refractivity contribution is -0.140. The summed E-state index contributed by atoms with van der Waals surface area (Å²) in [5, 5.41) is 14.3. The molecule has 110 valence electrons. The van der Waals surface area contributed by atoms with Gasteiger partial charge in [-0.1, -0.05) is 44.2 Å². The lowest BCUT2D eigenvalue weighted by atomic mass is 10.1. The molecule has 20 heavy (non-hydrogen) atoms. The largest absolute Gasteiger partial charge is 0.480 e. The van der Waals surface area contributed by atoms with Gasteiger partial charge in [0, 0.05) is 6.04 Å². The molecule has 0 aliphatic rings. The van der Waals surface area contributed by atoms with Crippen LogP contribution in [0.5, 0.6) is 0 Å². The monoisotopic (exact) mass is 278 g/mol. The average Bonchev–Trinajstić information content (AvgIpc) is 2.36. The molecule has 0 saturated carbocycles. The Hall–Kier alpha value is -2.04. The van der Waals surface area contributed by atoms with Gasteiger partial charge in [0.25, 0.3) is 0 Å². The highest BCUT2D eigenvalue weighted by molar-refractivity contribution is 5.82. The molecule has 5 heteroatoms. The Balaban J connectivity index is 2.47. The highest BCUT2D eigenvalue weighted by Gasteiger charge is 2.23. The van der Waals surface area contributed by atoms with Gasteiger partial charge in [0.2, 0.25) is 0 Å². The topological polar surface area (TPSA) is 78.4 Å². The van der Waals surface area contributed by atoms with Crippen molar-refractivity contribution in [3.63, 3.8) is 0 Å². The third-order valence-electron chi connectivity index (χ3n) is 2.98. The molecule has 3 N–H and O–H groups in total. The standard InChI is InChI=1S/C15H22N2O3/c1-10(2)13(14(18)19)17-15(20)16-11(3)9-12-7-5-4-6-8-12/h4-8,10-11,13H,9H2,1-3H3,(H,18,19)(H2,16,17,20)/t11?,13-/m1/s1. The molecule has 1 aromatic rings. The number of amides is 2. The van der Waals surface area contributed by atoms with E-state index in [1.54, 1.807) is 13.8 Å². The molecule has 0 heterocycles. The molecule has 0 aliphatic carbocycles. The van der Waals surface area contributed by atoms with Crippen molar-refractivity contribution in [3.05, 3.63) is 35.9 Å². The van der Waals surface area contributed by atoms with Crippen LogP contribution in [0.3, 0.4) is 0 Å². The van der Waals surface area contributed by atoms with Crippen LogP contribution in [0.25, 0.3) is 0 Å². The van der Waals surface area contributed by atoms with Crippen molar-refractivity contribution in [2.75, 3.05) is 0 Å². The molecule has 0 bridgehead atoms. The van der Waals surface area contributed by atoms with Gasteiger partial charge in [0.05, 0.1) is 0 Å². The molecule has 5 nitrogen and oxygen atoms in total. The quantitative estimate of drug-likeness (QED) is 0.745. The number of carboxylic acid groups (broad SMARTS) is 1. The molecule has 0 aromatic heterocycles. The fourth-order valence-corrected chi connectivity index (χ4v) is 1.94. The first-order valence-electron chi connectivity index (χ1n) is 6.74. The molecule has 0 radical (unpaired) electrons. The van der Waals surface area contributed by atoms with Crippen LogP contribution < -0.4 is 10.6 Å². The lowest BCUT2D eigenvalue weighted by Crippen LogP contribution is -2.50. The lowest BCUT2D eigenvalue weighted by Gasteiger charge is -2.20. The molecule has 1 rings (SSSR count). The van der Waals surface area contributed by atoms with Gasteiger partial charge in [-0.3, -0.25) is 0 Å². The van der Waals surface area contributed by atoms with Gasteiger partial charge < -0.3 is 15.7 Å². The first kappa shape index (κ1) is 16.0. The molecular weight excluding hydrogens is 256 g/mol. The van der Waals surface area contributed by atoms with Crippen molar-refractivity contribution < 1.29 is 14.7 Å². The number of rotatable bonds is 6. The fraction of sp³-hybridized carbons (Fsp3) is 0.467. The van der Waals surface area contributed by atoms with Gasteiger partial charge >= 0.3 is 12.0 Å². The zero-order valence-corrected chi connectivity index (χ0v) is 12.1. The van der Waals surface area contributed by atoms with E-state index in [-0.39, 0.29) is 12.0 Å². The zero-order valence-electron chi connectivity index (χ0n) is 12.1. The molecular formula is C15H22N2O3. The van der Waals surface area contributed by atoms with Gasteiger partial charge in [0.15, 0.2) is 0 Å². The number of carbonyl (C=O) groups is 2. The first-order valence-corrected chi connectivity index (χ1v) is 6.74. The number of carbonyl (C=O) groups excluding carboxylic acids is 1. The SMILES string of the molecule is CC(Cc1ccccc1)NC(=O)N[C@@H](C(=O)O)C(C)C. The van der Waals surface area contributed by atoms with Crippen LogP contribution >= 0.6 is 0 Å².